The molecule has 0 fully saturated rings. The molecular formula is C20H18F3N3O4S. The number of H-pyrrole nitrogens is 1. The van der Waals surface area contributed by atoms with Crippen LogP contribution in [0.4, 0.5) is 13.2 Å². The maximum Gasteiger partial charge on any atom is 0.416 e. The van der Waals surface area contributed by atoms with Gasteiger partial charge in [0, 0.05) is 31.3 Å². The number of nitrogens with one attached hydrogen (secondary N) is 1. The van der Waals surface area contributed by atoms with Gasteiger partial charge in [-0.3, -0.25) is 14.7 Å². The highest BCUT2D eigenvalue weighted by Gasteiger charge is 2.30. The second-order valence-corrected chi connectivity index (χ2v) is 9.30. The van der Waals surface area contributed by atoms with Crippen molar-refractivity contribution in [1.82, 2.24) is 14.9 Å². The normalized spacial score (nSPS) is 15.1. The molecule has 1 N–H and O–H groups in total. The van der Waals surface area contributed by atoms with Crippen LogP contribution < -0.4 is 5.56 Å². The first kappa shape index (κ1) is 21.3. The summed E-state index contributed by atoms with van der Waals surface area (Å²) in [6.07, 6.45) is -3.07. The Kier molecular flexibility index (Phi) is 5.26. The van der Waals surface area contributed by atoms with Gasteiger partial charge in [-0.1, -0.05) is 12.1 Å². The number of hydrogen-bond donors (Lipinski definition) is 1. The van der Waals surface area contributed by atoms with Crippen molar-refractivity contribution in [3.8, 4) is 11.3 Å². The van der Waals surface area contributed by atoms with Gasteiger partial charge < -0.3 is 4.42 Å². The molecule has 3 heterocycles. The van der Waals surface area contributed by atoms with Gasteiger partial charge in [0.25, 0.3) is 5.56 Å². The van der Waals surface area contributed by atoms with Gasteiger partial charge in [0.15, 0.2) is 0 Å². The fourth-order valence-corrected chi connectivity index (χ4v) is 4.01. The zero-order valence-electron chi connectivity index (χ0n) is 16.4. The summed E-state index contributed by atoms with van der Waals surface area (Å²) in [5, 5.41) is -0.346. The molecule has 7 nitrogen and oxygen atoms in total. The van der Waals surface area contributed by atoms with E-state index in [4.69, 9.17) is 4.42 Å². The topological polar surface area (TPSA) is 96.3 Å². The van der Waals surface area contributed by atoms with E-state index in [1.165, 1.54) is 6.07 Å². The number of benzene rings is 1. The summed E-state index contributed by atoms with van der Waals surface area (Å²) in [7, 11) is -3.62. The number of rotatable bonds is 4. The number of fused-ring (bicyclic) bond motifs is 1. The number of hydrogen-bond acceptors (Lipinski definition) is 6. The molecular weight excluding hydrogens is 435 g/mol. The van der Waals surface area contributed by atoms with E-state index in [1.807, 2.05) is 4.90 Å². The Morgan fingerprint density at radius 3 is 2.71 bits per heavy atom. The van der Waals surface area contributed by atoms with E-state index in [0.29, 0.717) is 47.9 Å². The molecule has 0 amide bonds. The van der Waals surface area contributed by atoms with Gasteiger partial charge in [-0.25, -0.2) is 13.4 Å². The summed E-state index contributed by atoms with van der Waals surface area (Å²) < 4.78 is 67.9. The quantitative estimate of drug-likeness (QED) is 0.610. The van der Waals surface area contributed by atoms with Crippen LogP contribution in [0.3, 0.4) is 0 Å². The molecule has 0 spiro atoms. The summed E-state index contributed by atoms with van der Waals surface area (Å²) in [6.45, 7) is 1.11. The Labute approximate surface area is 175 Å². The van der Waals surface area contributed by atoms with Crippen molar-refractivity contribution < 1.29 is 26.0 Å². The van der Waals surface area contributed by atoms with Crippen LogP contribution in [0.15, 0.2) is 50.8 Å². The number of nitrogens with zero attached hydrogens (tertiary/aromatic N) is 2. The molecule has 1 aromatic carbocycles. The van der Waals surface area contributed by atoms with Crippen molar-refractivity contribution in [2.24, 2.45) is 0 Å². The van der Waals surface area contributed by atoms with Crippen LogP contribution in [0.5, 0.6) is 0 Å². The largest absolute Gasteiger partial charge is 0.460 e. The molecule has 164 valence electrons. The highest BCUT2D eigenvalue weighted by molar-refractivity contribution is 7.90. The molecule has 0 atom stereocenters. The third kappa shape index (κ3) is 4.57. The lowest BCUT2D eigenvalue weighted by atomic mass is 10.1. The Morgan fingerprint density at radius 1 is 1.23 bits per heavy atom. The van der Waals surface area contributed by atoms with Crippen molar-refractivity contribution in [3.63, 3.8) is 0 Å². The number of aromatic amines is 1. The van der Waals surface area contributed by atoms with Crippen LogP contribution in [-0.4, -0.2) is 36.1 Å². The maximum atomic E-state index is 12.9. The number of furan rings is 1. The van der Waals surface area contributed by atoms with Crippen molar-refractivity contribution in [1.29, 1.82) is 0 Å². The number of aromatic nitrogens is 2. The highest BCUT2D eigenvalue weighted by Crippen LogP contribution is 2.33. The minimum atomic E-state index is -4.44. The molecule has 0 saturated heterocycles. The van der Waals surface area contributed by atoms with Crippen LogP contribution in [0.1, 0.15) is 22.6 Å². The Balaban J connectivity index is 1.52. The van der Waals surface area contributed by atoms with Gasteiger partial charge in [-0.05, 0) is 24.3 Å². The summed E-state index contributed by atoms with van der Waals surface area (Å²) in [4.78, 5) is 20.6. The van der Waals surface area contributed by atoms with E-state index < -0.39 is 27.1 Å². The number of halogens is 3. The molecule has 0 radical (unpaired) electrons. The summed E-state index contributed by atoms with van der Waals surface area (Å²) in [5.74, 6) is 0.851. The molecule has 2 aromatic heterocycles. The third-order valence-corrected chi connectivity index (χ3v) is 5.89. The smallest absolute Gasteiger partial charge is 0.416 e. The van der Waals surface area contributed by atoms with Crippen molar-refractivity contribution in [2.75, 3.05) is 12.8 Å². The first-order valence-corrected chi connectivity index (χ1v) is 11.2. The molecule has 3 aromatic rings. The molecule has 31 heavy (non-hydrogen) atoms. The molecule has 0 unspecified atom stereocenters. The van der Waals surface area contributed by atoms with Gasteiger partial charge in [0.05, 0.1) is 23.4 Å². The van der Waals surface area contributed by atoms with Crippen molar-refractivity contribution in [3.05, 3.63) is 69.3 Å². The first-order chi connectivity index (χ1) is 14.5. The lowest BCUT2D eigenvalue weighted by Gasteiger charge is -2.26. The fourth-order valence-electron chi connectivity index (χ4n) is 3.46. The predicted molar refractivity (Wildman–Crippen MR) is 105 cm³/mol. The average Bonchev–Trinajstić information content (AvgIpc) is 3.15. The maximum absolute atomic E-state index is 12.9. The van der Waals surface area contributed by atoms with Crippen LogP contribution in [0.2, 0.25) is 0 Å². The molecule has 1 aliphatic rings. The lowest BCUT2D eigenvalue weighted by molar-refractivity contribution is -0.137. The molecule has 0 aliphatic carbocycles. The first-order valence-electron chi connectivity index (χ1n) is 9.31. The van der Waals surface area contributed by atoms with E-state index in [0.717, 1.165) is 18.4 Å². The summed E-state index contributed by atoms with van der Waals surface area (Å²) >= 11 is 0. The number of alkyl halides is 3. The van der Waals surface area contributed by atoms with E-state index in [9.17, 15) is 26.4 Å². The predicted octanol–water partition coefficient (Wildman–Crippen LogP) is 3.01. The molecule has 11 heteroatoms. The highest BCUT2D eigenvalue weighted by atomic mass is 32.2. The van der Waals surface area contributed by atoms with Crippen LogP contribution in [-0.2, 0) is 35.5 Å². The van der Waals surface area contributed by atoms with Crippen molar-refractivity contribution in [2.45, 2.75) is 30.8 Å². The molecule has 1 aliphatic heterocycles. The fraction of sp³-hybridized carbons (Fsp3) is 0.300. The third-order valence-electron chi connectivity index (χ3n) is 4.99. The SMILES string of the molecule is CS(=O)(=O)c1nc2c(c(=O)[nH]1)CN(Cc1ccc(-c3cccc(C(F)(F)F)c3)o1)CC2. The molecule has 0 bridgehead atoms. The minimum Gasteiger partial charge on any atom is -0.460 e. The summed E-state index contributed by atoms with van der Waals surface area (Å²) in [6, 6.07) is 8.19. The Morgan fingerprint density at radius 2 is 2.00 bits per heavy atom. The van der Waals surface area contributed by atoms with Gasteiger partial charge in [-0.2, -0.15) is 13.2 Å². The molecule has 0 saturated carbocycles. The zero-order valence-corrected chi connectivity index (χ0v) is 17.2. The van der Waals surface area contributed by atoms with Crippen LogP contribution >= 0.6 is 0 Å². The number of sulfone groups is 1. The van der Waals surface area contributed by atoms with E-state index in [1.54, 1.807) is 18.2 Å². The zero-order chi connectivity index (χ0) is 22.4. The average molecular weight is 453 g/mol. The lowest BCUT2D eigenvalue weighted by Crippen LogP contribution is -2.36. The Hall–Kier alpha value is -2.92. The van der Waals surface area contributed by atoms with E-state index in [2.05, 4.69) is 9.97 Å². The van der Waals surface area contributed by atoms with Gasteiger partial charge in [-0.15, -0.1) is 0 Å². The minimum absolute atomic E-state index is 0.251. The van der Waals surface area contributed by atoms with Gasteiger partial charge in [0.1, 0.15) is 11.5 Å². The second kappa shape index (κ2) is 7.65. The second-order valence-electron chi connectivity index (χ2n) is 7.37. The van der Waals surface area contributed by atoms with Crippen molar-refractivity contribution >= 4 is 9.84 Å². The standard InChI is InChI=1S/C20H18F3N3O4S/c1-31(28,29)19-24-16-7-8-26(11-15(16)18(27)25-19)10-14-5-6-17(30-14)12-3-2-4-13(9-12)20(21,22)23/h2-6,9H,7-8,10-11H2,1H3,(H,24,25,27). The van der Waals surface area contributed by atoms with E-state index in [-0.39, 0.29) is 11.7 Å². The molecule has 4 rings (SSSR count). The monoisotopic (exact) mass is 453 g/mol. The van der Waals surface area contributed by atoms with Crippen LogP contribution in [0.25, 0.3) is 11.3 Å². The van der Waals surface area contributed by atoms with Gasteiger partial charge >= 0.3 is 6.18 Å². The van der Waals surface area contributed by atoms with E-state index >= 15 is 0 Å². The Bertz CT molecular complexity index is 1300. The van der Waals surface area contributed by atoms with Crippen LogP contribution in [0, 0.1) is 0 Å². The van der Waals surface area contributed by atoms with Gasteiger partial charge in [0.2, 0.25) is 15.0 Å². The summed E-state index contributed by atoms with van der Waals surface area (Å²) in [5.41, 5.74) is -0.0955.